The normalized spacial score (nSPS) is 13.4. The summed E-state index contributed by atoms with van der Waals surface area (Å²) in [5.74, 6) is 0. The minimum Gasteiger partial charge on any atom is -0.455 e. The van der Waals surface area contributed by atoms with Crippen molar-refractivity contribution < 1.29 is 8.83 Å². The summed E-state index contributed by atoms with van der Waals surface area (Å²) in [5.41, 5.74) is 15.7. The number of benzene rings is 9. The van der Waals surface area contributed by atoms with Crippen molar-refractivity contribution >= 4 is 71.7 Å². The lowest BCUT2D eigenvalue weighted by molar-refractivity contribution is 0.590. The molecule has 0 atom stereocenters. The van der Waals surface area contributed by atoms with E-state index in [1.54, 1.807) is 0 Å². The van der Waals surface area contributed by atoms with Crippen LogP contribution in [0.2, 0.25) is 0 Å². The van der Waals surface area contributed by atoms with Crippen LogP contribution in [0.1, 0.15) is 54.2 Å². The van der Waals surface area contributed by atoms with Crippen molar-refractivity contribution in [1.29, 1.82) is 0 Å². The van der Waals surface area contributed by atoms with Crippen LogP contribution in [0.5, 0.6) is 0 Å². The van der Waals surface area contributed by atoms with Crippen molar-refractivity contribution in [2.24, 2.45) is 0 Å². The predicted molar refractivity (Wildman–Crippen MR) is 254 cm³/mol. The van der Waals surface area contributed by atoms with Crippen LogP contribution in [-0.4, -0.2) is 0 Å². The van der Waals surface area contributed by atoms with Gasteiger partial charge in [0.2, 0.25) is 0 Å². The zero-order valence-electron chi connectivity index (χ0n) is 34.7. The average molecular weight is 786 g/mol. The molecule has 0 fully saturated rings. The molecule has 3 heteroatoms. The molecule has 0 bridgehead atoms. The number of hydrogen-bond donors (Lipinski definition) is 0. The van der Waals surface area contributed by atoms with E-state index >= 15 is 0 Å². The van der Waals surface area contributed by atoms with Gasteiger partial charge in [0.25, 0.3) is 0 Å². The second-order valence-electron chi connectivity index (χ2n) is 17.6. The number of anilines is 3. The highest BCUT2D eigenvalue weighted by Gasteiger charge is 2.49. The summed E-state index contributed by atoms with van der Waals surface area (Å²) in [6.07, 6.45) is 0. The second-order valence-corrected chi connectivity index (χ2v) is 17.6. The SMILES string of the molecule is Cc1cc2c(c3oc4ccccc4c13)-c1c(cc(N(c3ccc(C(C)(C)C)cc3)c3cccc4c3oc3ccccc34)c3ccccc13)C2(c1ccccc1)c1ccccc1. The van der Waals surface area contributed by atoms with Gasteiger partial charge < -0.3 is 13.7 Å². The fourth-order valence-electron chi connectivity index (χ4n) is 10.5. The molecule has 0 saturated carbocycles. The van der Waals surface area contributed by atoms with E-state index in [0.717, 1.165) is 66.5 Å². The third-order valence-electron chi connectivity index (χ3n) is 13.2. The zero-order valence-corrected chi connectivity index (χ0v) is 34.7. The minimum atomic E-state index is -0.684. The number of fused-ring (bicyclic) bond motifs is 12. The highest BCUT2D eigenvalue weighted by atomic mass is 16.3. The van der Waals surface area contributed by atoms with Crippen LogP contribution in [0.15, 0.2) is 197 Å². The van der Waals surface area contributed by atoms with Crippen molar-refractivity contribution in [3.8, 4) is 11.1 Å². The molecule has 0 saturated heterocycles. The number of aryl methyl sites for hydroxylation is 1. The standard InChI is InChI=1S/C58H43NO2/c1-36-34-46-54(56-52(36)45-25-14-16-29-51(45)61-56)53-43-24-12-11-22-41(43)49(35-47(53)58(46,38-18-7-5-8-19-38)39-20-9-6-10-21-39)59(40-32-30-37(31-33-40)57(2,3)4)48-27-17-26-44-42-23-13-15-28-50(42)60-55(44)48/h5-35H,1-4H3. The lowest BCUT2D eigenvalue weighted by Gasteiger charge is -2.35. The van der Waals surface area contributed by atoms with Crippen LogP contribution in [0.3, 0.4) is 0 Å². The van der Waals surface area contributed by atoms with E-state index in [9.17, 15) is 0 Å². The van der Waals surface area contributed by atoms with E-state index in [2.05, 4.69) is 215 Å². The molecule has 2 aromatic heterocycles. The molecule has 1 aliphatic carbocycles. The number of furan rings is 2. The molecule has 3 nitrogen and oxygen atoms in total. The van der Waals surface area contributed by atoms with Crippen molar-refractivity contribution in [2.75, 3.05) is 4.90 Å². The van der Waals surface area contributed by atoms with Gasteiger partial charge in [0, 0.05) is 38.2 Å². The van der Waals surface area contributed by atoms with Gasteiger partial charge in [-0.3, -0.25) is 0 Å². The average Bonchev–Trinajstić information content (AvgIpc) is 3.96. The highest BCUT2D eigenvalue weighted by Crippen LogP contribution is 2.62. The van der Waals surface area contributed by atoms with Crippen LogP contribution in [0.4, 0.5) is 17.1 Å². The lowest BCUT2D eigenvalue weighted by atomic mass is 9.67. The summed E-state index contributed by atoms with van der Waals surface area (Å²) < 4.78 is 13.9. The fourth-order valence-corrected chi connectivity index (χ4v) is 10.5. The topological polar surface area (TPSA) is 29.5 Å². The molecular weight excluding hydrogens is 743 g/mol. The summed E-state index contributed by atoms with van der Waals surface area (Å²) >= 11 is 0. The third kappa shape index (κ3) is 5.04. The van der Waals surface area contributed by atoms with Crippen LogP contribution in [0, 0.1) is 6.92 Å². The van der Waals surface area contributed by atoms with E-state index in [4.69, 9.17) is 8.83 Å². The lowest BCUT2D eigenvalue weighted by Crippen LogP contribution is -2.29. The molecule has 0 radical (unpaired) electrons. The van der Waals surface area contributed by atoms with Crippen molar-refractivity contribution in [1.82, 2.24) is 0 Å². The van der Waals surface area contributed by atoms with E-state index in [-0.39, 0.29) is 5.41 Å². The molecule has 9 aromatic carbocycles. The Kier molecular flexibility index (Phi) is 7.62. The van der Waals surface area contributed by atoms with E-state index in [1.807, 2.05) is 6.07 Å². The fraction of sp³-hybridized carbons (Fsp3) is 0.103. The van der Waals surface area contributed by atoms with Crippen LogP contribution in [-0.2, 0) is 10.8 Å². The molecule has 0 spiro atoms. The van der Waals surface area contributed by atoms with Gasteiger partial charge in [0.05, 0.1) is 16.8 Å². The first kappa shape index (κ1) is 35.6. The Bertz CT molecular complexity index is 3470. The van der Waals surface area contributed by atoms with Gasteiger partial charge in [-0.15, -0.1) is 0 Å². The monoisotopic (exact) mass is 785 g/mol. The van der Waals surface area contributed by atoms with Crippen molar-refractivity contribution in [3.63, 3.8) is 0 Å². The molecule has 2 heterocycles. The number of para-hydroxylation sites is 3. The Hall–Kier alpha value is -7.36. The first-order valence-electron chi connectivity index (χ1n) is 21.3. The van der Waals surface area contributed by atoms with Gasteiger partial charge in [-0.05, 0) is 93.1 Å². The van der Waals surface area contributed by atoms with Crippen LogP contribution < -0.4 is 4.90 Å². The molecule has 0 unspecified atom stereocenters. The van der Waals surface area contributed by atoms with Gasteiger partial charge in [0.1, 0.15) is 16.7 Å². The highest BCUT2D eigenvalue weighted by molar-refractivity contribution is 6.20. The maximum absolute atomic E-state index is 7.06. The molecule has 1 aliphatic rings. The van der Waals surface area contributed by atoms with Gasteiger partial charge in [-0.2, -0.15) is 0 Å². The summed E-state index contributed by atoms with van der Waals surface area (Å²) in [6.45, 7) is 9.06. The first-order valence-corrected chi connectivity index (χ1v) is 21.3. The first-order chi connectivity index (χ1) is 29.8. The largest absolute Gasteiger partial charge is 0.455 e. The number of nitrogens with zero attached hydrogens (tertiary/aromatic N) is 1. The maximum Gasteiger partial charge on any atom is 0.159 e. The number of rotatable bonds is 5. The molecular formula is C58H43NO2. The smallest absolute Gasteiger partial charge is 0.159 e. The molecule has 292 valence electrons. The molecule has 61 heavy (non-hydrogen) atoms. The molecule has 0 N–H and O–H groups in total. The van der Waals surface area contributed by atoms with E-state index < -0.39 is 5.41 Å². The molecule has 0 amide bonds. The van der Waals surface area contributed by atoms with E-state index in [0.29, 0.717) is 0 Å². The molecule has 12 rings (SSSR count). The van der Waals surface area contributed by atoms with Gasteiger partial charge in [0.15, 0.2) is 5.58 Å². The predicted octanol–water partition coefficient (Wildman–Crippen LogP) is 16.1. The molecule has 0 aliphatic heterocycles. The maximum atomic E-state index is 7.06. The summed E-state index contributed by atoms with van der Waals surface area (Å²) in [5, 5.41) is 6.82. The van der Waals surface area contributed by atoms with Crippen molar-refractivity contribution in [2.45, 2.75) is 38.5 Å². The Morgan fingerprint density at radius 1 is 0.443 bits per heavy atom. The van der Waals surface area contributed by atoms with Crippen molar-refractivity contribution in [3.05, 3.63) is 221 Å². The summed E-state index contributed by atoms with van der Waals surface area (Å²) in [4.78, 5) is 2.44. The third-order valence-corrected chi connectivity index (χ3v) is 13.2. The number of hydrogen-bond acceptors (Lipinski definition) is 3. The summed E-state index contributed by atoms with van der Waals surface area (Å²) in [7, 11) is 0. The van der Waals surface area contributed by atoms with Gasteiger partial charge in [-0.1, -0.05) is 172 Å². The summed E-state index contributed by atoms with van der Waals surface area (Å²) in [6, 6.07) is 68.6. The van der Waals surface area contributed by atoms with E-state index in [1.165, 1.54) is 49.7 Å². The second kappa shape index (κ2) is 13.1. The quantitative estimate of drug-likeness (QED) is 0.174. The Balaban J connectivity index is 1.27. The Morgan fingerprint density at radius 3 is 1.66 bits per heavy atom. The minimum absolute atomic E-state index is 0.000751. The Labute approximate surface area is 355 Å². The van der Waals surface area contributed by atoms with Gasteiger partial charge in [-0.25, -0.2) is 0 Å². The Morgan fingerprint density at radius 2 is 0.984 bits per heavy atom. The van der Waals surface area contributed by atoms with Gasteiger partial charge >= 0.3 is 0 Å². The molecule has 11 aromatic rings. The van der Waals surface area contributed by atoms with Crippen LogP contribution >= 0.6 is 0 Å². The van der Waals surface area contributed by atoms with Crippen LogP contribution in [0.25, 0.3) is 65.8 Å². The zero-order chi connectivity index (χ0) is 41.0.